The first-order chi connectivity index (χ1) is 10.0. The SMILES string of the molecule is CNCc1cccc(F)c1Oc1ccc(C)cc1[N+](=O)[O-]. The fourth-order valence-electron chi connectivity index (χ4n) is 1.96. The number of hydrogen-bond acceptors (Lipinski definition) is 4. The molecule has 0 radical (unpaired) electrons. The molecule has 0 heterocycles. The van der Waals surface area contributed by atoms with E-state index in [0.29, 0.717) is 12.1 Å². The number of nitrogens with one attached hydrogen (secondary N) is 1. The molecule has 0 bridgehead atoms. The zero-order valence-corrected chi connectivity index (χ0v) is 11.7. The molecule has 0 aliphatic carbocycles. The van der Waals surface area contributed by atoms with Crippen LogP contribution in [0.2, 0.25) is 0 Å². The molecule has 0 fully saturated rings. The van der Waals surface area contributed by atoms with Gasteiger partial charge in [-0.3, -0.25) is 10.1 Å². The molecular weight excluding hydrogens is 275 g/mol. The van der Waals surface area contributed by atoms with Gasteiger partial charge in [-0.1, -0.05) is 18.2 Å². The van der Waals surface area contributed by atoms with Crippen LogP contribution >= 0.6 is 0 Å². The van der Waals surface area contributed by atoms with Crippen LogP contribution in [-0.2, 0) is 6.54 Å². The standard InChI is InChI=1S/C15H15FN2O3/c1-10-6-7-14(13(8-10)18(19)20)21-15-11(9-17-2)4-3-5-12(15)16/h3-8,17H,9H2,1-2H3. The summed E-state index contributed by atoms with van der Waals surface area (Å²) in [6.07, 6.45) is 0. The number of nitro benzene ring substituents is 1. The van der Waals surface area contributed by atoms with Crippen molar-refractivity contribution < 1.29 is 14.1 Å². The molecule has 6 heteroatoms. The molecule has 0 saturated carbocycles. The number of nitro groups is 1. The van der Waals surface area contributed by atoms with Crippen molar-refractivity contribution in [3.63, 3.8) is 0 Å². The van der Waals surface area contributed by atoms with Gasteiger partial charge in [0.2, 0.25) is 5.75 Å². The van der Waals surface area contributed by atoms with Gasteiger partial charge < -0.3 is 10.1 Å². The molecule has 0 unspecified atom stereocenters. The van der Waals surface area contributed by atoms with E-state index in [1.165, 1.54) is 18.2 Å². The van der Waals surface area contributed by atoms with E-state index in [-0.39, 0.29) is 17.2 Å². The van der Waals surface area contributed by atoms with Crippen LogP contribution in [-0.4, -0.2) is 12.0 Å². The minimum absolute atomic E-state index is 0.00111. The fraction of sp³-hybridized carbons (Fsp3) is 0.200. The predicted molar refractivity (Wildman–Crippen MR) is 77.1 cm³/mol. The third-order valence-corrected chi connectivity index (χ3v) is 2.94. The predicted octanol–water partition coefficient (Wildman–Crippen LogP) is 3.55. The largest absolute Gasteiger partial charge is 0.447 e. The van der Waals surface area contributed by atoms with Crippen LogP contribution in [0.1, 0.15) is 11.1 Å². The second-order valence-corrected chi connectivity index (χ2v) is 4.59. The van der Waals surface area contributed by atoms with E-state index in [1.807, 2.05) is 0 Å². The normalized spacial score (nSPS) is 10.4. The Morgan fingerprint density at radius 3 is 2.76 bits per heavy atom. The van der Waals surface area contributed by atoms with Gasteiger partial charge in [0.05, 0.1) is 4.92 Å². The van der Waals surface area contributed by atoms with E-state index in [9.17, 15) is 14.5 Å². The van der Waals surface area contributed by atoms with Crippen LogP contribution in [0.3, 0.4) is 0 Å². The quantitative estimate of drug-likeness (QED) is 0.675. The molecule has 110 valence electrons. The van der Waals surface area contributed by atoms with Gasteiger partial charge in [0.1, 0.15) is 0 Å². The lowest BCUT2D eigenvalue weighted by Crippen LogP contribution is -2.07. The second-order valence-electron chi connectivity index (χ2n) is 4.59. The molecule has 2 aromatic rings. The molecule has 0 spiro atoms. The number of rotatable bonds is 5. The maximum absolute atomic E-state index is 13.9. The van der Waals surface area contributed by atoms with Crippen molar-refractivity contribution in [2.75, 3.05) is 7.05 Å². The lowest BCUT2D eigenvalue weighted by Gasteiger charge is -2.12. The number of halogens is 1. The molecule has 21 heavy (non-hydrogen) atoms. The van der Waals surface area contributed by atoms with Gasteiger partial charge in [0, 0.05) is 18.2 Å². The third kappa shape index (κ3) is 3.35. The third-order valence-electron chi connectivity index (χ3n) is 2.94. The molecule has 0 saturated heterocycles. The topological polar surface area (TPSA) is 64.4 Å². The van der Waals surface area contributed by atoms with Gasteiger partial charge in [-0.25, -0.2) is 4.39 Å². The minimum atomic E-state index is -0.558. The van der Waals surface area contributed by atoms with Gasteiger partial charge in [-0.15, -0.1) is 0 Å². The maximum Gasteiger partial charge on any atom is 0.311 e. The van der Waals surface area contributed by atoms with E-state index in [1.54, 1.807) is 32.2 Å². The van der Waals surface area contributed by atoms with Crippen LogP contribution in [0.5, 0.6) is 11.5 Å². The Bertz CT molecular complexity index is 674. The molecule has 0 aromatic heterocycles. The van der Waals surface area contributed by atoms with Crippen LogP contribution in [0.4, 0.5) is 10.1 Å². The van der Waals surface area contributed by atoms with Crippen molar-refractivity contribution in [3.05, 3.63) is 63.5 Å². The Kier molecular flexibility index (Phi) is 4.49. The van der Waals surface area contributed by atoms with E-state index >= 15 is 0 Å². The molecule has 2 rings (SSSR count). The van der Waals surface area contributed by atoms with Gasteiger partial charge in [0.15, 0.2) is 11.6 Å². The smallest absolute Gasteiger partial charge is 0.311 e. The number of benzene rings is 2. The zero-order chi connectivity index (χ0) is 15.4. The van der Waals surface area contributed by atoms with Crippen LogP contribution in [0, 0.1) is 22.9 Å². The first-order valence-electron chi connectivity index (χ1n) is 6.38. The Balaban J connectivity index is 2.45. The highest BCUT2D eigenvalue weighted by atomic mass is 19.1. The molecular formula is C15H15FN2O3. The highest BCUT2D eigenvalue weighted by Crippen LogP contribution is 2.35. The number of hydrogen-bond donors (Lipinski definition) is 1. The van der Waals surface area contributed by atoms with Gasteiger partial charge in [0.25, 0.3) is 0 Å². The summed E-state index contributed by atoms with van der Waals surface area (Å²) < 4.78 is 19.4. The lowest BCUT2D eigenvalue weighted by atomic mass is 10.1. The number of ether oxygens (including phenoxy) is 1. The average Bonchev–Trinajstić information content (AvgIpc) is 2.44. The van der Waals surface area contributed by atoms with Crippen molar-refractivity contribution in [2.24, 2.45) is 0 Å². The minimum Gasteiger partial charge on any atom is -0.447 e. The highest BCUT2D eigenvalue weighted by molar-refractivity contribution is 5.51. The molecule has 1 N–H and O–H groups in total. The fourth-order valence-corrected chi connectivity index (χ4v) is 1.96. The van der Waals surface area contributed by atoms with Crippen LogP contribution in [0.25, 0.3) is 0 Å². The van der Waals surface area contributed by atoms with Crippen molar-refractivity contribution in [2.45, 2.75) is 13.5 Å². The van der Waals surface area contributed by atoms with Crippen molar-refractivity contribution in [1.29, 1.82) is 0 Å². The molecule has 0 aliphatic rings. The lowest BCUT2D eigenvalue weighted by molar-refractivity contribution is -0.385. The zero-order valence-electron chi connectivity index (χ0n) is 11.7. The monoisotopic (exact) mass is 290 g/mol. The van der Waals surface area contributed by atoms with Crippen LogP contribution < -0.4 is 10.1 Å². The summed E-state index contributed by atoms with van der Waals surface area (Å²) in [6.45, 7) is 2.14. The second kappa shape index (κ2) is 6.32. The van der Waals surface area contributed by atoms with Gasteiger partial charge >= 0.3 is 5.69 Å². The van der Waals surface area contributed by atoms with Gasteiger partial charge in [-0.05, 0) is 31.7 Å². The highest BCUT2D eigenvalue weighted by Gasteiger charge is 2.19. The van der Waals surface area contributed by atoms with Crippen molar-refractivity contribution >= 4 is 5.69 Å². The van der Waals surface area contributed by atoms with E-state index < -0.39 is 10.7 Å². The molecule has 5 nitrogen and oxygen atoms in total. The van der Waals surface area contributed by atoms with Crippen molar-refractivity contribution in [1.82, 2.24) is 5.32 Å². The first-order valence-corrected chi connectivity index (χ1v) is 6.38. The summed E-state index contributed by atoms with van der Waals surface area (Å²) in [5.41, 5.74) is 1.14. The van der Waals surface area contributed by atoms with E-state index in [0.717, 1.165) is 5.56 Å². The summed E-state index contributed by atoms with van der Waals surface area (Å²) in [5, 5.41) is 14.0. The van der Waals surface area contributed by atoms with Crippen LogP contribution in [0.15, 0.2) is 36.4 Å². The summed E-state index contributed by atoms with van der Waals surface area (Å²) in [7, 11) is 1.73. The summed E-state index contributed by atoms with van der Waals surface area (Å²) >= 11 is 0. The summed E-state index contributed by atoms with van der Waals surface area (Å²) in [4.78, 5) is 10.5. The Hall–Kier alpha value is -2.47. The summed E-state index contributed by atoms with van der Waals surface area (Å²) in [5.74, 6) is -0.538. The average molecular weight is 290 g/mol. The van der Waals surface area contributed by atoms with E-state index in [2.05, 4.69) is 5.32 Å². The Labute approximate surface area is 121 Å². The first kappa shape index (κ1) is 14.9. The molecule has 2 aromatic carbocycles. The van der Waals surface area contributed by atoms with Gasteiger partial charge in [-0.2, -0.15) is 0 Å². The maximum atomic E-state index is 13.9. The molecule has 0 amide bonds. The molecule has 0 aliphatic heterocycles. The summed E-state index contributed by atoms with van der Waals surface area (Å²) in [6, 6.07) is 9.08. The Morgan fingerprint density at radius 1 is 1.33 bits per heavy atom. The number of aryl methyl sites for hydroxylation is 1. The van der Waals surface area contributed by atoms with E-state index in [4.69, 9.17) is 4.74 Å². The van der Waals surface area contributed by atoms with Crippen molar-refractivity contribution in [3.8, 4) is 11.5 Å². The Morgan fingerprint density at radius 2 is 2.10 bits per heavy atom. The number of para-hydroxylation sites is 1. The molecule has 0 atom stereocenters. The number of nitrogens with zero attached hydrogens (tertiary/aromatic N) is 1.